The maximum Gasteiger partial charge on any atom is 0.279 e. The molecule has 0 spiro atoms. The molecule has 1 aliphatic rings. The van der Waals surface area contributed by atoms with E-state index < -0.39 is 23.2 Å². The molecule has 0 aliphatic carbocycles. The lowest BCUT2D eigenvalue weighted by Crippen LogP contribution is -2.51. The number of hydrazine groups is 1. The average molecular weight is 393 g/mol. The number of nitrogens with zero attached hydrogens (tertiary/aromatic N) is 1. The van der Waals surface area contributed by atoms with Crippen LogP contribution in [-0.2, 0) is 14.4 Å². The molecule has 1 atom stereocenters. The highest BCUT2D eigenvalue weighted by molar-refractivity contribution is 5.86. The first-order valence-electron chi connectivity index (χ1n) is 9.39. The molecule has 28 heavy (non-hydrogen) atoms. The van der Waals surface area contributed by atoms with Gasteiger partial charge in [-0.05, 0) is 44.0 Å². The molecule has 1 heterocycles. The van der Waals surface area contributed by atoms with E-state index in [4.69, 9.17) is 4.74 Å². The molecular weight excluding hydrogens is 365 g/mol. The zero-order valence-electron chi connectivity index (χ0n) is 16.8. The molecule has 1 saturated heterocycles. The largest absolute Gasteiger partial charge is 0.481 e. The Balaban J connectivity index is 1.75. The number of rotatable bonds is 4. The van der Waals surface area contributed by atoms with Crippen molar-refractivity contribution in [3.8, 4) is 5.75 Å². The van der Waals surface area contributed by atoms with Crippen molar-refractivity contribution in [3.63, 3.8) is 0 Å². The monoisotopic (exact) mass is 393 g/mol. The molecule has 3 amide bonds. The van der Waals surface area contributed by atoms with Crippen LogP contribution in [0.5, 0.6) is 5.75 Å². The Hall–Kier alpha value is -2.64. The minimum atomic E-state index is -0.864. The van der Waals surface area contributed by atoms with Crippen molar-refractivity contribution in [1.29, 1.82) is 0 Å². The van der Waals surface area contributed by atoms with Gasteiger partial charge in [0.25, 0.3) is 5.91 Å². The number of ether oxygens (including phenoxy) is 1. The quantitative estimate of drug-likeness (QED) is 0.766. The van der Waals surface area contributed by atoms with Gasteiger partial charge in [-0.25, -0.2) is 4.39 Å². The first kappa shape index (κ1) is 21.7. The van der Waals surface area contributed by atoms with Crippen LogP contribution in [0.25, 0.3) is 0 Å². The number of benzene rings is 1. The van der Waals surface area contributed by atoms with Gasteiger partial charge in [-0.3, -0.25) is 25.2 Å². The Bertz CT molecular complexity index is 707. The maximum atomic E-state index is 12.9. The molecule has 1 unspecified atom stereocenters. The van der Waals surface area contributed by atoms with Gasteiger partial charge in [0.15, 0.2) is 6.10 Å². The second-order valence-electron chi connectivity index (χ2n) is 8.01. The zero-order valence-corrected chi connectivity index (χ0v) is 16.8. The lowest BCUT2D eigenvalue weighted by atomic mass is 9.91. The van der Waals surface area contributed by atoms with Crippen LogP contribution < -0.4 is 15.6 Å². The highest BCUT2D eigenvalue weighted by Gasteiger charge is 2.32. The van der Waals surface area contributed by atoms with Crippen LogP contribution in [0.15, 0.2) is 24.3 Å². The Morgan fingerprint density at radius 1 is 1.11 bits per heavy atom. The minimum Gasteiger partial charge on any atom is -0.481 e. The van der Waals surface area contributed by atoms with Gasteiger partial charge in [0.05, 0.1) is 0 Å². The summed E-state index contributed by atoms with van der Waals surface area (Å²) in [6, 6.07) is 5.31. The van der Waals surface area contributed by atoms with Crippen LogP contribution in [-0.4, -0.2) is 41.8 Å². The fourth-order valence-electron chi connectivity index (χ4n) is 2.92. The molecule has 8 heteroatoms. The predicted octanol–water partition coefficient (Wildman–Crippen LogP) is 2.03. The summed E-state index contributed by atoms with van der Waals surface area (Å²) < 4.78 is 18.3. The van der Waals surface area contributed by atoms with Crippen molar-refractivity contribution in [2.75, 3.05) is 13.1 Å². The number of amides is 3. The summed E-state index contributed by atoms with van der Waals surface area (Å²) in [7, 11) is 0. The van der Waals surface area contributed by atoms with Gasteiger partial charge >= 0.3 is 0 Å². The summed E-state index contributed by atoms with van der Waals surface area (Å²) >= 11 is 0. The van der Waals surface area contributed by atoms with Gasteiger partial charge < -0.3 is 9.64 Å². The molecule has 1 fully saturated rings. The number of hydrogen-bond donors (Lipinski definition) is 2. The summed E-state index contributed by atoms with van der Waals surface area (Å²) in [5.74, 6) is -1.04. The van der Waals surface area contributed by atoms with E-state index >= 15 is 0 Å². The van der Waals surface area contributed by atoms with Crippen LogP contribution in [0, 0.1) is 17.2 Å². The lowest BCUT2D eigenvalue weighted by Gasteiger charge is -2.35. The van der Waals surface area contributed by atoms with E-state index in [1.807, 2.05) is 20.8 Å². The number of hydrogen-bond acceptors (Lipinski definition) is 4. The van der Waals surface area contributed by atoms with E-state index in [1.54, 1.807) is 4.90 Å². The molecule has 2 rings (SSSR count). The van der Waals surface area contributed by atoms with Crippen molar-refractivity contribution < 1.29 is 23.5 Å². The fourth-order valence-corrected chi connectivity index (χ4v) is 2.92. The maximum absolute atomic E-state index is 12.9. The first-order chi connectivity index (χ1) is 13.1. The molecule has 2 N–H and O–H groups in total. The molecule has 1 aromatic carbocycles. The second-order valence-corrected chi connectivity index (χ2v) is 8.01. The third kappa shape index (κ3) is 5.94. The van der Waals surface area contributed by atoms with E-state index in [0.717, 1.165) is 0 Å². The fraction of sp³-hybridized carbons (Fsp3) is 0.550. The van der Waals surface area contributed by atoms with E-state index in [2.05, 4.69) is 10.9 Å². The normalized spacial score (nSPS) is 16.2. The molecule has 0 saturated carbocycles. The molecular formula is C20H28FN3O4. The Morgan fingerprint density at radius 3 is 2.21 bits per heavy atom. The number of halogens is 1. The molecule has 7 nitrogen and oxygen atoms in total. The third-order valence-corrected chi connectivity index (χ3v) is 4.60. The third-order valence-electron chi connectivity index (χ3n) is 4.60. The number of carbonyl (C=O) groups is 3. The summed E-state index contributed by atoms with van der Waals surface area (Å²) in [4.78, 5) is 38.4. The zero-order chi connectivity index (χ0) is 20.9. The number of piperidine rings is 1. The van der Waals surface area contributed by atoms with Gasteiger partial charge in [0.2, 0.25) is 11.8 Å². The molecule has 154 valence electrons. The van der Waals surface area contributed by atoms with Crippen LogP contribution in [0.1, 0.15) is 40.5 Å². The topological polar surface area (TPSA) is 87.7 Å². The Kier molecular flexibility index (Phi) is 6.99. The molecule has 0 bridgehead atoms. The standard InChI is InChI=1S/C20H28FN3O4/c1-13(28-16-7-5-15(21)6-8-16)17(25)22-23-18(26)14-9-11-24(12-10-14)19(27)20(2,3)4/h5-8,13-14H,9-12H2,1-4H3,(H,22,25)(H,23,26). The van der Waals surface area contributed by atoms with Crippen molar-refractivity contribution in [2.45, 2.75) is 46.6 Å². The van der Waals surface area contributed by atoms with Crippen molar-refractivity contribution in [3.05, 3.63) is 30.1 Å². The van der Waals surface area contributed by atoms with Gasteiger partial charge in [-0.2, -0.15) is 0 Å². The summed E-state index contributed by atoms with van der Waals surface area (Å²) in [6.45, 7) is 8.19. The molecule has 0 aromatic heterocycles. The van der Waals surface area contributed by atoms with Crippen LogP contribution >= 0.6 is 0 Å². The number of nitrogens with one attached hydrogen (secondary N) is 2. The predicted molar refractivity (Wildman–Crippen MR) is 102 cm³/mol. The summed E-state index contributed by atoms with van der Waals surface area (Å²) in [5.41, 5.74) is 4.33. The van der Waals surface area contributed by atoms with Crippen molar-refractivity contribution >= 4 is 17.7 Å². The van der Waals surface area contributed by atoms with E-state index in [9.17, 15) is 18.8 Å². The van der Waals surface area contributed by atoms with Crippen LogP contribution in [0.4, 0.5) is 4.39 Å². The van der Waals surface area contributed by atoms with Gasteiger partial charge in [0, 0.05) is 24.4 Å². The van der Waals surface area contributed by atoms with E-state index in [1.165, 1.54) is 31.2 Å². The average Bonchev–Trinajstić information content (AvgIpc) is 2.66. The van der Waals surface area contributed by atoms with Gasteiger partial charge in [0.1, 0.15) is 11.6 Å². The van der Waals surface area contributed by atoms with Crippen LogP contribution in [0.2, 0.25) is 0 Å². The lowest BCUT2D eigenvalue weighted by molar-refractivity contribution is -0.143. The van der Waals surface area contributed by atoms with Crippen molar-refractivity contribution in [2.24, 2.45) is 11.3 Å². The highest BCUT2D eigenvalue weighted by atomic mass is 19.1. The van der Waals surface area contributed by atoms with Gasteiger partial charge in [-0.1, -0.05) is 20.8 Å². The summed E-state index contributed by atoms with van der Waals surface area (Å²) in [6.07, 6.45) is 0.230. The number of carbonyl (C=O) groups excluding carboxylic acids is 3. The Morgan fingerprint density at radius 2 is 1.68 bits per heavy atom. The second kappa shape index (κ2) is 9.03. The molecule has 0 radical (unpaired) electrons. The first-order valence-corrected chi connectivity index (χ1v) is 9.39. The Labute approximate surface area is 164 Å². The smallest absolute Gasteiger partial charge is 0.279 e. The van der Waals surface area contributed by atoms with E-state index in [-0.39, 0.29) is 17.7 Å². The summed E-state index contributed by atoms with van der Waals surface area (Å²) in [5, 5.41) is 0. The molecule has 1 aliphatic heterocycles. The SMILES string of the molecule is CC(Oc1ccc(F)cc1)C(=O)NNC(=O)C1CCN(C(=O)C(C)(C)C)CC1. The van der Waals surface area contributed by atoms with E-state index in [0.29, 0.717) is 31.7 Å². The van der Waals surface area contributed by atoms with Gasteiger partial charge in [-0.15, -0.1) is 0 Å². The van der Waals surface area contributed by atoms with Crippen molar-refractivity contribution in [1.82, 2.24) is 15.8 Å². The molecule has 1 aromatic rings. The number of likely N-dealkylation sites (tertiary alicyclic amines) is 1. The van der Waals surface area contributed by atoms with Crippen LogP contribution in [0.3, 0.4) is 0 Å². The highest BCUT2D eigenvalue weighted by Crippen LogP contribution is 2.23. The minimum absolute atomic E-state index is 0.0754.